The smallest absolute Gasteiger partial charge is 0.0622 e. The van der Waals surface area contributed by atoms with Gasteiger partial charge in [-0.25, -0.2) is 0 Å². The van der Waals surface area contributed by atoms with Crippen LogP contribution in [0.15, 0.2) is 60.7 Å². The zero-order valence-corrected chi connectivity index (χ0v) is 19.9. The van der Waals surface area contributed by atoms with E-state index in [9.17, 15) is 14.4 Å². The van der Waals surface area contributed by atoms with Crippen LogP contribution in [-0.4, -0.2) is 50.3 Å². The van der Waals surface area contributed by atoms with Crippen molar-refractivity contribution in [1.29, 1.82) is 0 Å². The van der Waals surface area contributed by atoms with Gasteiger partial charge in [0.15, 0.2) is 0 Å². The van der Waals surface area contributed by atoms with Crippen LogP contribution in [0, 0.1) is 5.92 Å². The molecule has 0 radical (unpaired) electrons. The average molecular weight is 461 g/mol. The van der Waals surface area contributed by atoms with Gasteiger partial charge < -0.3 is 0 Å². The summed E-state index contributed by atoms with van der Waals surface area (Å²) in [4.78, 5) is 38.3. The molecule has 1 unspecified atom stereocenters. The van der Waals surface area contributed by atoms with Gasteiger partial charge in [-0.15, -0.1) is 0 Å². The minimum absolute atomic E-state index is 0.129. The Kier molecular flexibility index (Phi) is 11.4. The van der Waals surface area contributed by atoms with Crippen LogP contribution >= 0.6 is 0 Å². The molecule has 0 fully saturated rings. The average Bonchev–Trinajstić information content (AvgIpc) is 2.82. The van der Waals surface area contributed by atoms with Crippen molar-refractivity contribution in [1.82, 2.24) is 10.6 Å². The molecule has 0 aliphatic heterocycles. The van der Waals surface area contributed by atoms with E-state index in [4.69, 9.17) is 10.4 Å². The first kappa shape index (κ1) is 27.2. The van der Waals surface area contributed by atoms with Crippen molar-refractivity contribution in [2.45, 2.75) is 57.7 Å². The van der Waals surface area contributed by atoms with Gasteiger partial charge >= 0.3 is 173 Å². The van der Waals surface area contributed by atoms with Crippen molar-refractivity contribution >= 4 is 32.2 Å². The maximum absolute atomic E-state index is 13.1. The SMILES string of the molecule is B=BOC(=O)[C@H](Cc1ccccc1)NC(=O)C(CC(C)C)NC(=O)[C@@H](N)CCc1ccccc1. The summed E-state index contributed by atoms with van der Waals surface area (Å²) in [5.74, 6) is -1.35. The van der Waals surface area contributed by atoms with E-state index in [1.54, 1.807) is 0 Å². The quantitative estimate of drug-likeness (QED) is 0.389. The molecular formula is C25H33B2N3O4. The molecule has 0 spiro atoms. The van der Waals surface area contributed by atoms with E-state index in [1.165, 1.54) is 0 Å². The first-order chi connectivity index (χ1) is 16.3. The summed E-state index contributed by atoms with van der Waals surface area (Å²) in [7, 11) is 4.45. The van der Waals surface area contributed by atoms with Gasteiger partial charge in [0.1, 0.15) is 0 Å². The van der Waals surface area contributed by atoms with Crippen molar-refractivity contribution in [2.75, 3.05) is 0 Å². The predicted molar refractivity (Wildman–Crippen MR) is 135 cm³/mol. The van der Waals surface area contributed by atoms with Crippen molar-refractivity contribution in [3.63, 3.8) is 0 Å². The Morgan fingerprint density at radius 3 is 2.03 bits per heavy atom. The number of benzene rings is 2. The fourth-order valence-corrected chi connectivity index (χ4v) is 3.56. The summed E-state index contributed by atoms with van der Waals surface area (Å²) in [6, 6.07) is 16.6. The molecule has 2 rings (SSSR count). The van der Waals surface area contributed by atoms with E-state index in [0.717, 1.165) is 18.1 Å². The van der Waals surface area contributed by atoms with Gasteiger partial charge in [0, 0.05) is 0 Å². The molecule has 2 aromatic carbocycles. The predicted octanol–water partition coefficient (Wildman–Crippen LogP) is 1.18. The second kappa shape index (κ2) is 14.3. The summed E-state index contributed by atoms with van der Waals surface area (Å²) in [5, 5.41) is 5.52. The van der Waals surface area contributed by atoms with Crippen molar-refractivity contribution in [2.24, 2.45) is 11.7 Å². The van der Waals surface area contributed by atoms with E-state index in [2.05, 4.69) is 18.0 Å². The molecule has 0 aliphatic rings. The fraction of sp³-hybridized carbons (Fsp3) is 0.400. The molecule has 34 heavy (non-hydrogen) atoms. The van der Waals surface area contributed by atoms with Crippen molar-refractivity contribution < 1.29 is 19.0 Å². The molecule has 3 atom stereocenters. The molecule has 2 aromatic rings. The molecule has 2 amide bonds. The summed E-state index contributed by atoms with van der Waals surface area (Å²) in [5.41, 5.74) is 8.06. The maximum atomic E-state index is 13.1. The van der Waals surface area contributed by atoms with Crippen LogP contribution in [-0.2, 0) is 31.9 Å². The minimum atomic E-state index is -0.925. The third-order valence-electron chi connectivity index (χ3n) is 5.35. The van der Waals surface area contributed by atoms with E-state index >= 15 is 0 Å². The van der Waals surface area contributed by atoms with Crippen molar-refractivity contribution in [3.8, 4) is 0 Å². The zero-order chi connectivity index (χ0) is 24.9. The Hall–Kier alpha value is -3.06. The van der Waals surface area contributed by atoms with Crippen LogP contribution in [0.5, 0.6) is 0 Å². The summed E-state index contributed by atoms with van der Waals surface area (Å²) >= 11 is 0. The summed E-state index contributed by atoms with van der Waals surface area (Å²) in [6.07, 6.45) is 1.76. The zero-order valence-electron chi connectivity index (χ0n) is 19.9. The topological polar surface area (TPSA) is 111 Å². The monoisotopic (exact) mass is 461 g/mol. The van der Waals surface area contributed by atoms with Crippen LogP contribution < -0.4 is 16.4 Å². The molecule has 0 bridgehead atoms. The third kappa shape index (κ3) is 9.43. The number of amides is 2. The number of carbonyl (C=O) groups is 3. The van der Waals surface area contributed by atoms with Crippen molar-refractivity contribution in [3.05, 3.63) is 71.8 Å². The number of carbonyl (C=O) groups excluding carboxylic acids is 3. The molecule has 0 saturated carbocycles. The number of nitrogens with one attached hydrogen (secondary N) is 2. The van der Waals surface area contributed by atoms with Gasteiger partial charge in [-0.1, -0.05) is 30.3 Å². The molecule has 7 nitrogen and oxygen atoms in total. The second-order valence-corrected chi connectivity index (χ2v) is 8.68. The molecule has 4 N–H and O–H groups in total. The molecular weight excluding hydrogens is 428 g/mol. The van der Waals surface area contributed by atoms with Gasteiger partial charge in [0.05, 0.1) is 0 Å². The number of nitrogens with two attached hydrogens (primary N) is 1. The Balaban J connectivity index is 2.05. The summed E-state index contributed by atoms with van der Waals surface area (Å²) in [6.45, 7) is 3.91. The number of aryl methyl sites for hydroxylation is 1. The molecule has 0 aromatic heterocycles. The van der Waals surface area contributed by atoms with Crippen LogP contribution in [0.3, 0.4) is 0 Å². The Morgan fingerprint density at radius 1 is 0.912 bits per heavy atom. The van der Waals surface area contributed by atoms with Gasteiger partial charge in [-0.2, -0.15) is 0 Å². The number of rotatable bonds is 13. The van der Waals surface area contributed by atoms with Crippen LogP contribution in [0.4, 0.5) is 0 Å². The fourth-order valence-electron chi connectivity index (χ4n) is 3.56. The van der Waals surface area contributed by atoms with Crippen LogP contribution in [0.25, 0.3) is 0 Å². The van der Waals surface area contributed by atoms with E-state index in [1.807, 2.05) is 74.5 Å². The molecule has 178 valence electrons. The Morgan fingerprint density at radius 2 is 1.47 bits per heavy atom. The van der Waals surface area contributed by atoms with E-state index in [-0.39, 0.29) is 12.3 Å². The Labute approximate surface area is 203 Å². The van der Waals surface area contributed by atoms with Gasteiger partial charge in [-0.05, 0) is 0 Å². The van der Waals surface area contributed by atoms with Crippen LogP contribution in [0.1, 0.15) is 37.8 Å². The van der Waals surface area contributed by atoms with Gasteiger partial charge in [0.25, 0.3) is 0 Å². The van der Waals surface area contributed by atoms with Gasteiger partial charge in [0.2, 0.25) is 0 Å². The van der Waals surface area contributed by atoms with Crippen LogP contribution in [0.2, 0.25) is 0 Å². The second-order valence-electron chi connectivity index (χ2n) is 8.68. The third-order valence-corrected chi connectivity index (χ3v) is 5.35. The standard InChI is InChI=1S/C25H33B2N3O4/c1-17(2)15-21(29-23(31)20(28)14-13-18-9-5-3-6-10-18)24(32)30-22(25(33)34-27-26)16-19-11-7-4-8-12-19/h3-12,17,20-22,26H,13-16,28H2,1-2H3,(H,29,31)(H,30,32)/t20-,21?,22-/m0/s1. The van der Waals surface area contributed by atoms with E-state index in [0.29, 0.717) is 19.3 Å². The van der Waals surface area contributed by atoms with Gasteiger partial charge in [-0.3, -0.25) is 0 Å². The Bertz CT molecular complexity index is 942. The molecule has 0 heterocycles. The normalized spacial score (nSPS) is 13.3. The first-order valence-corrected chi connectivity index (χ1v) is 11.6. The number of hydrogen-bond donors (Lipinski definition) is 3. The minimum Gasteiger partial charge on any atom is -0.0622 e. The molecule has 9 heteroatoms. The number of hydrogen-bond acceptors (Lipinski definition) is 5. The molecule has 0 saturated heterocycles. The summed E-state index contributed by atoms with van der Waals surface area (Å²) < 4.78 is 4.93. The van der Waals surface area contributed by atoms with E-state index < -0.39 is 35.9 Å². The first-order valence-electron chi connectivity index (χ1n) is 11.6. The molecule has 0 aliphatic carbocycles.